The molecule has 6 nitrogen and oxygen atoms in total. The maximum atomic E-state index is 12.5. The molecule has 9 heteroatoms. The van der Waals surface area contributed by atoms with Crippen LogP contribution in [0.5, 0.6) is 0 Å². The van der Waals surface area contributed by atoms with Gasteiger partial charge in [-0.15, -0.1) is 0 Å². The van der Waals surface area contributed by atoms with Gasteiger partial charge in [-0.25, -0.2) is 13.1 Å². The first-order valence-corrected chi connectivity index (χ1v) is 9.25. The highest BCUT2D eigenvalue weighted by Crippen LogP contribution is 2.29. The molecule has 0 aliphatic carbocycles. The number of hydrogen-bond acceptors (Lipinski definition) is 4. The van der Waals surface area contributed by atoms with Crippen LogP contribution in [0.2, 0.25) is 0 Å². The molecule has 118 valence electrons. The number of nitrogens with zero attached hydrogens (tertiary/aromatic N) is 1. The summed E-state index contributed by atoms with van der Waals surface area (Å²) >= 11 is 6.56. The minimum atomic E-state index is -3.81. The van der Waals surface area contributed by atoms with Crippen molar-refractivity contribution in [1.29, 1.82) is 0 Å². The van der Waals surface area contributed by atoms with Crippen molar-refractivity contribution in [3.05, 3.63) is 26.6 Å². The molecular weight excluding hydrogens is 426 g/mol. The SMILES string of the molecule is CCCC(NS(=O)(=O)c1cc(Br)c(C)cc1Br)/C(N)=N/O. The molecule has 1 aromatic carbocycles. The number of aryl methyl sites for hydroxylation is 1. The van der Waals surface area contributed by atoms with Gasteiger partial charge >= 0.3 is 0 Å². The lowest BCUT2D eigenvalue weighted by atomic mass is 10.2. The fraction of sp³-hybridized carbons (Fsp3) is 0.417. The molecule has 0 aromatic heterocycles. The van der Waals surface area contributed by atoms with Crippen LogP contribution < -0.4 is 10.5 Å². The van der Waals surface area contributed by atoms with Crippen molar-refractivity contribution >= 4 is 47.7 Å². The summed E-state index contributed by atoms with van der Waals surface area (Å²) in [4.78, 5) is 0.0896. The van der Waals surface area contributed by atoms with Gasteiger partial charge in [-0.1, -0.05) is 34.4 Å². The highest BCUT2D eigenvalue weighted by molar-refractivity contribution is 9.11. The van der Waals surface area contributed by atoms with Gasteiger partial charge in [0.25, 0.3) is 0 Å². The van der Waals surface area contributed by atoms with E-state index in [-0.39, 0.29) is 10.7 Å². The summed E-state index contributed by atoms with van der Waals surface area (Å²) in [6.45, 7) is 3.74. The number of rotatable bonds is 6. The lowest BCUT2D eigenvalue weighted by Crippen LogP contribution is -2.44. The van der Waals surface area contributed by atoms with Gasteiger partial charge in [0.15, 0.2) is 5.84 Å². The lowest BCUT2D eigenvalue weighted by molar-refractivity contribution is 0.315. The molecule has 21 heavy (non-hydrogen) atoms. The molecule has 0 fully saturated rings. The Morgan fingerprint density at radius 2 is 2.05 bits per heavy atom. The minimum absolute atomic E-state index is 0.0896. The Hall–Kier alpha value is -0.640. The molecule has 4 N–H and O–H groups in total. The molecule has 0 amide bonds. The van der Waals surface area contributed by atoms with Crippen molar-refractivity contribution in [3.8, 4) is 0 Å². The topological polar surface area (TPSA) is 105 Å². The van der Waals surface area contributed by atoms with Crippen LogP contribution in [0.15, 0.2) is 31.1 Å². The monoisotopic (exact) mass is 441 g/mol. The number of oxime groups is 1. The van der Waals surface area contributed by atoms with Gasteiger partial charge in [0.1, 0.15) is 0 Å². The third kappa shape index (κ3) is 4.67. The third-order valence-electron chi connectivity index (χ3n) is 2.85. The van der Waals surface area contributed by atoms with E-state index in [1.54, 1.807) is 6.07 Å². The zero-order valence-electron chi connectivity index (χ0n) is 11.6. The highest BCUT2D eigenvalue weighted by Gasteiger charge is 2.25. The number of nitrogens with one attached hydrogen (secondary N) is 1. The smallest absolute Gasteiger partial charge is 0.242 e. The second-order valence-corrected chi connectivity index (χ2v) is 7.91. The molecule has 0 saturated carbocycles. The number of benzene rings is 1. The third-order valence-corrected chi connectivity index (χ3v) is 6.13. The molecule has 0 aliphatic heterocycles. The predicted octanol–water partition coefficient (Wildman–Crippen LogP) is 2.71. The summed E-state index contributed by atoms with van der Waals surface area (Å²) in [6.07, 6.45) is 1.11. The average Bonchev–Trinajstić information content (AvgIpc) is 2.41. The highest BCUT2D eigenvalue weighted by atomic mass is 79.9. The number of hydrogen-bond donors (Lipinski definition) is 3. The normalized spacial score (nSPS) is 14.2. The van der Waals surface area contributed by atoms with Crippen molar-refractivity contribution in [3.63, 3.8) is 0 Å². The first kappa shape index (κ1) is 18.4. The Kier molecular flexibility index (Phi) is 6.64. The second kappa shape index (κ2) is 7.57. The fourth-order valence-electron chi connectivity index (χ4n) is 1.71. The van der Waals surface area contributed by atoms with E-state index in [0.29, 0.717) is 21.8 Å². The van der Waals surface area contributed by atoms with Gasteiger partial charge in [-0.2, -0.15) is 0 Å². The van der Waals surface area contributed by atoms with Gasteiger partial charge in [0, 0.05) is 8.95 Å². The zero-order chi connectivity index (χ0) is 16.2. The summed E-state index contributed by atoms with van der Waals surface area (Å²) in [5.74, 6) is -0.164. The summed E-state index contributed by atoms with van der Waals surface area (Å²) in [7, 11) is -3.81. The number of amidine groups is 1. The number of sulfonamides is 1. The van der Waals surface area contributed by atoms with Gasteiger partial charge in [-0.05, 0) is 47.0 Å². The maximum absolute atomic E-state index is 12.5. The minimum Gasteiger partial charge on any atom is -0.409 e. The van der Waals surface area contributed by atoms with Gasteiger partial charge in [0.05, 0.1) is 10.9 Å². The number of halogens is 2. The Morgan fingerprint density at radius 1 is 1.43 bits per heavy atom. The fourth-order valence-corrected chi connectivity index (χ4v) is 4.63. The van der Waals surface area contributed by atoms with Crippen molar-refractivity contribution in [1.82, 2.24) is 4.72 Å². The predicted molar refractivity (Wildman–Crippen MR) is 89.0 cm³/mol. The van der Waals surface area contributed by atoms with Crippen molar-refractivity contribution in [2.45, 2.75) is 37.6 Å². The van der Waals surface area contributed by atoms with Crippen LogP contribution in [0.1, 0.15) is 25.3 Å². The van der Waals surface area contributed by atoms with Gasteiger partial charge in [0.2, 0.25) is 10.0 Å². The van der Waals surface area contributed by atoms with Gasteiger partial charge < -0.3 is 10.9 Å². The largest absolute Gasteiger partial charge is 0.409 e. The molecule has 0 spiro atoms. The van der Waals surface area contributed by atoms with E-state index in [9.17, 15) is 8.42 Å². The van der Waals surface area contributed by atoms with E-state index < -0.39 is 16.1 Å². The van der Waals surface area contributed by atoms with Crippen LogP contribution in [-0.2, 0) is 10.0 Å². The van der Waals surface area contributed by atoms with Crippen LogP contribution in [0.3, 0.4) is 0 Å². The van der Waals surface area contributed by atoms with Crippen LogP contribution in [0, 0.1) is 6.92 Å². The van der Waals surface area contributed by atoms with Crippen LogP contribution in [0.4, 0.5) is 0 Å². The zero-order valence-corrected chi connectivity index (χ0v) is 15.6. The summed E-state index contributed by atoms with van der Waals surface area (Å²) < 4.78 is 28.5. The standard InChI is InChI=1S/C12H17Br2N3O3S/c1-3-4-10(12(15)16-18)17-21(19,20)11-6-8(13)7(2)5-9(11)14/h5-6,10,17-18H,3-4H2,1-2H3,(H2,15,16). The summed E-state index contributed by atoms with van der Waals surface area (Å²) in [5, 5.41) is 11.6. The lowest BCUT2D eigenvalue weighted by Gasteiger charge is -2.17. The molecule has 0 aliphatic rings. The first-order valence-electron chi connectivity index (χ1n) is 6.18. The molecule has 1 aromatic rings. The van der Waals surface area contributed by atoms with Gasteiger partial charge in [-0.3, -0.25) is 0 Å². The molecule has 0 heterocycles. The van der Waals surface area contributed by atoms with E-state index in [1.165, 1.54) is 6.07 Å². The second-order valence-electron chi connectivity index (χ2n) is 4.52. The average molecular weight is 443 g/mol. The molecule has 1 atom stereocenters. The molecule has 0 radical (unpaired) electrons. The van der Waals surface area contributed by atoms with E-state index in [2.05, 4.69) is 41.7 Å². The van der Waals surface area contributed by atoms with Crippen LogP contribution in [-0.4, -0.2) is 25.5 Å². The molecular formula is C12H17Br2N3O3S. The molecule has 1 unspecified atom stereocenters. The van der Waals surface area contributed by atoms with E-state index >= 15 is 0 Å². The summed E-state index contributed by atoms with van der Waals surface area (Å²) in [6, 6.07) is 2.46. The Labute approximate surface area is 141 Å². The van der Waals surface area contributed by atoms with Crippen LogP contribution in [0.25, 0.3) is 0 Å². The first-order chi connectivity index (χ1) is 9.72. The van der Waals surface area contributed by atoms with Crippen LogP contribution >= 0.6 is 31.9 Å². The van der Waals surface area contributed by atoms with Crippen molar-refractivity contribution < 1.29 is 13.6 Å². The van der Waals surface area contributed by atoms with E-state index in [4.69, 9.17) is 10.9 Å². The molecule has 0 saturated heterocycles. The molecule has 0 bridgehead atoms. The van der Waals surface area contributed by atoms with E-state index in [1.807, 2.05) is 13.8 Å². The quantitative estimate of drug-likeness (QED) is 0.272. The maximum Gasteiger partial charge on any atom is 0.242 e. The Morgan fingerprint density at radius 3 is 2.57 bits per heavy atom. The summed E-state index contributed by atoms with van der Waals surface area (Å²) in [5.41, 5.74) is 6.44. The van der Waals surface area contributed by atoms with Crippen molar-refractivity contribution in [2.24, 2.45) is 10.9 Å². The van der Waals surface area contributed by atoms with E-state index in [0.717, 1.165) is 5.56 Å². The molecule has 1 rings (SSSR count). The number of nitrogens with two attached hydrogens (primary N) is 1. The Bertz CT molecular complexity index is 647. The van der Waals surface area contributed by atoms with Crippen molar-refractivity contribution in [2.75, 3.05) is 0 Å². The Balaban J connectivity index is 3.19.